The van der Waals surface area contributed by atoms with E-state index < -0.39 is 0 Å². The fourth-order valence-electron chi connectivity index (χ4n) is 2.81. The SMILES string of the molecule is CC(C)C1CCC(=O)N(Cc2cc(Cl)ccc2N)CC1. The average Bonchev–Trinajstić information content (AvgIpc) is 2.57. The number of benzene rings is 1. The van der Waals surface area contributed by atoms with Gasteiger partial charge in [-0.25, -0.2) is 0 Å². The van der Waals surface area contributed by atoms with Crippen molar-refractivity contribution in [2.75, 3.05) is 12.3 Å². The molecule has 1 amide bonds. The number of amides is 1. The summed E-state index contributed by atoms with van der Waals surface area (Å²) in [5, 5.41) is 0.663. The van der Waals surface area contributed by atoms with Crippen LogP contribution in [0.3, 0.4) is 0 Å². The smallest absolute Gasteiger partial charge is 0.222 e. The quantitative estimate of drug-likeness (QED) is 0.864. The van der Waals surface area contributed by atoms with Gasteiger partial charge in [0.25, 0.3) is 0 Å². The van der Waals surface area contributed by atoms with E-state index in [0.29, 0.717) is 35.5 Å². The van der Waals surface area contributed by atoms with E-state index in [1.165, 1.54) is 0 Å². The van der Waals surface area contributed by atoms with Gasteiger partial charge < -0.3 is 10.6 Å². The molecule has 1 aliphatic heterocycles. The minimum atomic E-state index is 0.229. The number of carbonyl (C=O) groups excluding carboxylic acids is 1. The van der Waals surface area contributed by atoms with E-state index in [1.807, 2.05) is 11.0 Å². The molecule has 20 heavy (non-hydrogen) atoms. The molecule has 1 aromatic rings. The van der Waals surface area contributed by atoms with Crippen LogP contribution in [0.15, 0.2) is 18.2 Å². The van der Waals surface area contributed by atoms with E-state index in [0.717, 1.165) is 24.9 Å². The summed E-state index contributed by atoms with van der Waals surface area (Å²) in [6.07, 6.45) is 2.71. The lowest BCUT2D eigenvalue weighted by molar-refractivity contribution is -0.131. The van der Waals surface area contributed by atoms with Gasteiger partial charge in [0.05, 0.1) is 0 Å². The number of halogens is 1. The van der Waals surface area contributed by atoms with Gasteiger partial charge in [0.1, 0.15) is 0 Å². The molecule has 1 saturated heterocycles. The zero-order valence-corrected chi connectivity index (χ0v) is 13.0. The minimum absolute atomic E-state index is 0.229. The van der Waals surface area contributed by atoms with Crippen LogP contribution in [-0.4, -0.2) is 17.4 Å². The Morgan fingerprint density at radius 2 is 2.15 bits per heavy atom. The molecule has 1 atom stereocenters. The Labute approximate surface area is 126 Å². The van der Waals surface area contributed by atoms with Crippen molar-refractivity contribution in [1.82, 2.24) is 4.90 Å². The van der Waals surface area contributed by atoms with Gasteiger partial charge in [-0.05, 0) is 48.4 Å². The van der Waals surface area contributed by atoms with Crippen LogP contribution in [0.5, 0.6) is 0 Å². The van der Waals surface area contributed by atoms with Crippen molar-refractivity contribution < 1.29 is 4.79 Å². The lowest BCUT2D eigenvalue weighted by Crippen LogP contribution is -2.30. The molecule has 2 rings (SSSR count). The van der Waals surface area contributed by atoms with Crippen molar-refractivity contribution >= 4 is 23.2 Å². The van der Waals surface area contributed by atoms with Crippen LogP contribution in [0.2, 0.25) is 5.02 Å². The molecule has 0 saturated carbocycles. The lowest BCUT2D eigenvalue weighted by atomic mass is 9.89. The van der Waals surface area contributed by atoms with Crippen LogP contribution in [-0.2, 0) is 11.3 Å². The van der Waals surface area contributed by atoms with Gasteiger partial charge in [-0.15, -0.1) is 0 Å². The first-order valence-electron chi connectivity index (χ1n) is 7.29. The second kappa shape index (κ2) is 6.49. The maximum absolute atomic E-state index is 12.2. The first-order valence-corrected chi connectivity index (χ1v) is 7.67. The van der Waals surface area contributed by atoms with Crippen molar-refractivity contribution in [3.8, 4) is 0 Å². The molecule has 110 valence electrons. The molecular weight excluding hydrogens is 272 g/mol. The Kier molecular flexibility index (Phi) is 4.92. The summed E-state index contributed by atoms with van der Waals surface area (Å²) in [6, 6.07) is 5.44. The zero-order chi connectivity index (χ0) is 14.7. The molecule has 1 unspecified atom stereocenters. The highest BCUT2D eigenvalue weighted by atomic mass is 35.5. The Morgan fingerprint density at radius 3 is 2.85 bits per heavy atom. The van der Waals surface area contributed by atoms with Crippen molar-refractivity contribution in [3.05, 3.63) is 28.8 Å². The van der Waals surface area contributed by atoms with Gasteiger partial charge in [-0.1, -0.05) is 25.4 Å². The zero-order valence-electron chi connectivity index (χ0n) is 12.2. The van der Waals surface area contributed by atoms with Crippen LogP contribution >= 0.6 is 11.6 Å². The highest BCUT2D eigenvalue weighted by Crippen LogP contribution is 2.27. The molecule has 1 fully saturated rings. The fourth-order valence-corrected chi connectivity index (χ4v) is 3.00. The number of rotatable bonds is 3. The van der Waals surface area contributed by atoms with E-state index in [1.54, 1.807) is 12.1 Å². The molecule has 0 radical (unpaired) electrons. The predicted molar refractivity (Wildman–Crippen MR) is 83.5 cm³/mol. The average molecular weight is 295 g/mol. The molecule has 1 aliphatic rings. The van der Waals surface area contributed by atoms with Crippen LogP contribution in [0, 0.1) is 11.8 Å². The number of carbonyl (C=O) groups is 1. The number of nitrogens with zero attached hydrogens (tertiary/aromatic N) is 1. The summed E-state index contributed by atoms with van der Waals surface area (Å²) in [7, 11) is 0. The Morgan fingerprint density at radius 1 is 1.40 bits per heavy atom. The monoisotopic (exact) mass is 294 g/mol. The van der Waals surface area contributed by atoms with Crippen molar-refractivity contribution in [2.24, 2.45) is 11.8 Å². The predicted octanol–water partition coefficient (Wildman–Crippen LogP) is 3.71. The molecule has 3 nitrogen and oxygen atoms in total. The number of nitrogens with two attached hydrogens (primary N) is 1. The van der Waals surface area contributed by atoms with Crippen LogP contribution in [0.25, 0.3) is 0 Å². The number of likely N-dealkylation sites (tertiary alicyclic amines) is 1. The molecule has 1 aromatic carbocycles. The van der Waals surface area contributed by atoms with Gasteiger partial charge in [-0.3, -0.25) is 4.79 Å². The minimum Gasteiger partial charge on any atom is -0.398 e. The molecule has 1 heterocycles. The molecule has 0 aliphatic carbocycles. The number of hydrogen-bond acceptors (Lipinski definition) is 2. The molecule has 2 N–H and O–H groups in total. The maximum Gasteiger partial charge on any atom is 0.222 e. The first kappa shape index (κ1) is 15.2. The van der Waals surface area contributed by atoms with Crippen molar-refractivity contribution in [2.45, 2.75) is 39.7 Å². The van der Waals surface area contributed by atoms with Crippen LogP contribution < -0.4 is 5.73 Å². The Bertz CT molecular complexity index is 487. The van der Waals surface area contributed by atoms with E-state index in [2.05, 4.69) is 13.8 Å². The fraction of sp³-hybridized carbons (Fsp3) is 0.562. The molecular formula is C16H23ClN2O. The van der Waals surface area contributed by atoms with Gasteiger partial charge in [0.15, 0.2) is 0 Å². The normalized spacial score (nSPS) is 20.3. The topological polar surface area (TPSA) is 46.3 Å². The largest absolute Gasteiger partial charge is 0.398 e. The van der Waals surface area contributed by atoms with E-state index in [9.17, 15) is 4.79 Å². The molecule has 0 spiro atoms. The molecule has 0 bridgehead atoms. The summed E-state index contributed by atoms with van der Waals surface area (Å²) in [5.41, 5.74) is 7.61. The highest BCUT2D eigenvalue weighted by molar-refractivity contribution is 6.30. The van der Waals surface area contributed by atoms with Gasteiger partial charge in [-0.2, -0.15) is 0 Å². The molecule has 0 aromatic heterocycles. The summed E-state index contributed by atoms with van der Waals surface area (Å²) in [4.78, 5) is 14.2. The van der Waals surface area contributed by atoms with Gasteiger partial charge in [0.2, 0.25) is 5.91 Å². The van der Waals surface area contributed by atoms with E-state index >= 15 is 0 Å². The summed E-state index contributed by atoms with van der Waals surface area (Å²) in [5.74, 6) is 1.51. The lowest BCUT2D eigenvalue weighted by Gasteiger charge is -2.22. The first-order chi connectivity index (χ1) is 9.47. The number of nitrogen functional groups attached to an aromatic ring is 1. The standard InChI is InChI=1S/C16H23ClN2O/c1-11(2)12-3-6-16(20)19(8-7-12)10-13-9-14(17)4-5-15(13)18/h4-5,9,11-12H,3,6-8,10,18H2,1-2H3. The van der Waals surface area contributed by atoms with Crippen LogP contribution in [0.1, 0.15) is 38.7 Å². The third-order valence-corrected chi connectivity index (χ3v) is 4.50. The number of anilines is 1. The maximum atomic E-state index is 12.2. The van der Waals surface area contributed by atoms with Crippen molar-refractivity contribution in [1.29, 1.82) is 0 Å². The summed E-state index contributed by atoms with van der Waals surface area (Å²) >= 11 is 6.01. The second-order valence-corrected chi connectivity index (χ2v) is 6.43. The highest BCUT2D eigenvalue weighted by Gasteiger charge is 2.24. The van der Waals surface area contributed by atoms with Gasteiger partial charge in [0, 0.05) is 30.2 Å². The van der Waals surface area contributed by atoms with E-state index in [4.69, 9.17) is 17.3 Å². The van der Waals surface area contributed by atoms with Crippen LogP contribution in [0.4, 0.5) is 5.69 Å². The van der Waals surface area contributed by atoms with Gasteiger partial charge >= 0.3 is 0 Å². The summed E-state index contributed by atoms with van der Waals surface area (Å²) < 4.78 is 0. The Balaban J connectivity index is 2.08. The van der Waals surface area contributed by atoms with E-state index in [-0.39, 0.29) is 5.91 Å². The summed E-state index contributed by atoms with van der Waals surface area (Å²) in [6.45, 7) is 5.85. The third-order valence-electron chi connectivity index (χ3n) is 4.26. The second-order valence-electron chi connectivity index (χ2n) is 5.99. The molecule has 4 heteroatoms. The Hall–Kier alpha value is -1.22. The number of hydrogen-bond donors (Lipinski definition) is 1. The third kappa shape index (κ3) is 3.66. The van der Waals surface area contributed by atoms with Crippen molar-refractivity contribution in [3.63, 3.8) is 0 Å².